The van der Waals surface area contributed by atoms with Gasteiger partial charge in [0.2, 0.25) is 0 Å². The third-order valence-electron chi connectivity index (χ3n) is 5.79. The highest BCUT2D eigenvalue weighted by molar-refractivity contribution is 6.44. The summed E-state index contributed by atoms with van der Waals surface area (Å²) in [5.74, 6) is -1.36. The van der Waals surface area contributed by atoms with Crippen LogP contribution < -0.4 is 9.67 Å². The minimum atomic E-state index is -0.446. The van der Waals surface area contributed by atoms with Crippen molar-refractivity contribution >= 4 is 23.1 Å². The van der Waals surface area contributed by atoms with E-state index < -0.39 is 17.7 Å². The standard InChI is InChI=1S/C26H28N4O3/c1-5-14-29-24(31)21(23(26(29)33)28-15-10-11-18(6-2)16-28)20-22(17(3)4)27-30(25(20)32)19-12-8-7-9-13-19/h7-13,15-17H,5-6,14H2,1-4H3. The number of imide groups is 1. The number of carbonyl (C=O) groups excluding carboxylic acids is 2. The molecule has 170 valence electrons. The summed E-state index contributed by atoms with van der Waals surface area (Å²) in [6, 6.07) is 12.9. The Morgan fingerprint density at radius 2 is 1.76 bits per heavy atom. The Hall–Kier alpha value is -3.74. The topological polar surface area (TPSA) is 82.1 Å². The van der Waals surface area contributed by atoms with E-state index in [4.69, 9.17) is 0 Å². The first-order chi connectivity index (χ1) is 15.9. The molecule has 4 rings (SSSR count). The van der Waals surface area contributed by atoms with E-state index in [0.29, 0.717) is 17.8 Å². The lowest BCUT2D eigenvalue weighted by Gasteiger charge is -2.15. The molecule has 1 aliphatic rings. The van der Waals surface area contributed by atoms with Crippen LogP contribution in [-0.2, 0) is 16.0 Å². The van der Waals surface area contributed by atoms with Gasteiger partial charge in [0, 0.05) is 23.7 Å². The van der Waals surface area contributed by atoms with E-state index in [0.717, 1.165) is 12.0 Å². The number of hydrogen-bond acceptors (Lipinski definition) is 4. The Bertz CT molecular complexity index is 1240. The fourth-order valence-corrected chi connectivity index (χ4v) is 4.13. The minimum Gasteiger partial charge on any atom is -0.858 e. The van der Waals surface area contributed by atoms with Crippen LogP contribution in [0.15, 0.2) is 54.9 Å². The van der Waals surface area contributed by atoms with Crippen LogP contribution in [0.3, 0.4) is 0 Å². The fourth-order valence-electron chi connectivity index (χ4n) is 4.13. The van der Waals surface area contributed by atoms with Gasteiger partial charge >= 0.3 is 5.91 Å². The summed E-state index contributed by atoms with van der Waals surface area (Å²) in [7, 11) is 0. The van der Waals surface area contributed by atoms with E-state index in [2.05, 4.69) is 5.10 Å². The van der Waals surface area contributed by atoms with Gasteiger partial charge in [0.1, 0.15) is 5.57 Å². The van der Waals surface area contributed by atoms with Gasteiger partial charge < -0.3 is 5.11 Å². The van der Waals surface area contributed by atoms with Gasteiger partial charge in [0.15, 0.2) is 12.4 Å². The van der Waals surface area contributed by atoms with Gasteiger partial charge in [-0.15, -0.1) is 0 Å². The predicted octanol–water partition coefficient (Wildman–Crippen LogP) is 3.07. The van der Waals surface area contributed by atoms with Crippen molar-refractivity contribution in [1.29, 1.82) is 0 Å². The van der Waals surface area contributed by atoms with Crippen LogP contribution >= 0.6 is 0 Å². The van der Waals surface area contributed by atoms with Crippen molar-refractivity contribution in [2.24, 2.45) is 0 Å². The van der Waals surface area contributed by atoms with E-state index in [1.165, 1.54) is 9.58 Å². The maximum Gasteiger partial charge on any atom is 0.326 e. The Morgan fingerprint density at radius 3 is 2.39 bits per heavy atom. The summed E-state index contributed by atoms with van der Waals surface area (Å²) in [5, 5.41) is 18.3. The van der Waals surface area contributed by atoms with Crippen LogP contribution in [0, 0.1) is 0 Å². The van der Waals surface area contributed by atoms with Gasteiger partial charge in [0.25, 0.3) is 11.6 Å². The van der Waals surface area contributed by atoms with Crippen molar-refractivity contribution in [3.63, 3.8) is 0 Å². The minimum absolute atomic E-state index is 0.124. The highest BCUT2D eigenvalue weighted by atomic mass is 16.3. The second kappa shape index (κ2) is 9.02. The molecule has 1 aliphatic heterocycles. The number of pyridine rings is 1. The van der Waals surface area contributed by atoms with Crippen molar-refractivity contribution < 1.29 is 19.3 Å². The van der Waals surface area contributed by atoms with Crippen molar-refractivity contribution in [3.8, 4) is 11.6 Å². The van der Waals surface area contributed by atoms with Gasteiger partial charge in [0.05, 0.1) is 11.4 Å². The Labute approximate surface area is 193 Å². The Kier molecular flexibility index (Phi) is 6.14. The highest BCUT2D eigenvalue weighted by Crippen LogP contribution is 2.39. The molecule has 0 radical (unpaired) electrons. The number of para-hydroxylation sites is 1. The summed E-state index contributed by atoms with van der Waals surface area (Å²) in [5.41, 5.74) is 2.67. The molecule has 33 heavy (non-hydrogen) atoms. The molecule has 0 bridgehead atoms. The quantitative estimate of drug-likeness (QED) is 0.414. The number of benzene rings is 1. The number of aryl methyl sites for hydroxylation is 1. The first-order valence-electron chi connectivity index (χ1n) is 11.4. The molecule has 0 N–H and O–H groups in total. The molecule has 3 heterocycles. The number of aromatic nitrogens is 3. The fraction of sp³-hybridized carbons (Fsp3) is 0.308. The zero-order valence-corrected chi connectivity index (χ0v) is 19.4. The second-order valence-corrected chi connectivity index (χ2v) is 8.43. The molecule has 1 aromatic carbocycles. The second-order valence-electron chi connectivity index (χ2n) is 8.43. The largest absolute Gasteiger partial charge is 0.858 e. The SMILES string of the molecule is CCCN1C(=O)C(c2c(C(C)C)nn(-c3ccccc3)c2[O-])=C([n+]2cccc(CC)c2)C1=O. The Morgan fingerprint density at radius 1 is 1.03 bits per heavy atom. The van der Waals surface area contributed by atoms with Gasteiger partial charge in [-0.3, -0.25) is 14.5 Å². The molecule has 2 amide bonds. The average molecular weight is 445 g/mol. The highest BCUT2D eigenvalue weighted by Gasteiger charge is 2.46. The van der Waals surface area contributed by atoms with Crippen molar-refractivity contribution in [2.75, 3.05) is 6.54 Å². The molecule has 0 unspecified atom stereocenters. The van der Waals surface area contributed by atoms with E-state index >= 15 is 0 Å². The normalized spacial score (nSPS) is 14.2. The van der Waals surface area contributed by atoms with Crippen LogP contribution in [0.4, 0.5) is 0 Å². The monoisotopic (exact) mass is 444 g/mol. The van der Waals surface area contributed by atoms with Crippen LogP contribution in [-0.4, -0.2) is 33.0 Å². The van der Waals surface area contributed by atoms with Gasteiger partial charge in [-0.1, -0.05) is 45.9 Å². The maximum atomic E-state index is 13.7. The molecule has 3 aromatic rings. The first kappa shape index (κ1) is 22.5. The summed E-state index contributed by atoms with van der Waals surface area (Å²) in [4.78, 5) is 28.3. The molecule has 0 saturated heterocycles. The predicted molar refractivity (Wildman–Crippen MR) is 123 cm³/mol. The summed E-state index contributed by atoms with van der Waals surface area (Å²) in [6.07, 6.45) is 5.00. The third-order valence-corrected chi connectivity index (χ3v) is 5.79. The van der Waals surface area contributed by atoms with Gasteiger partial charge in [-0.25, -0.2) is 4.68 Å². The zero-order valence-electron chi connectivity index (χ0n) is 19.4. The molecule has 7 nitrogen and oxygen atoms in total. The summed E-state index contributed by atoms with van der Waals surface area (Å²) in [6.45, 7) is 8.08. The van der Waals surface area contributed by atoms with Crippen molar-refractivity contribution in [2.45, 2.75) is 46.5 Å². The summed E-state index contributed by atoms with van der Waals surface area (Å²) >= 11 is 0. The van der Waals surface area contributed by atoms with Gasteiger partial charge in [-0.2, -0.15) is 9.67 Å². The zero-order chi connectivity index (χ0) is 23.7. The lowest BCUT2D eigenvalue weighted by molar-refractivity contribution is -0.577. The molecule has 0 saturated carbocycles. The molecule has 7 heteroatoms. The Balaban J connectivity index is 2.02. The molecular weight excluding hydrogens is 416 g/mol. The molecular formula is C26H28N4O3. The first-order valence-corrected chi connectivity index (χ1v) is 11.4. The van der Waals surface area contributed by atoms with Crippen molar-refractivity contribution in [3.05, 3.63) is 71.7 Å². The molecule has 0 spiro atoms. The van der Waals surface area contributed by atoms with E-state index in [-0.39, 0.29) is 29.3 Å². The molecule has 0 fully saturated rings. The van der Waals surface area contributed by atoms with Crippen molar-refractivity contribution in [1.82, 2.24) is 14.7 Å². The van der Waals surface area contributed by atoms with E-state index in [1.807, 2.05) is 64.2 Å². The molecule has 2 aromatic heterocycles. The van der Waals surface area contributed by atoms with Crippen LogP contribution in [0.5, 0.6) is 5.88 Å². The molecule has 0 aliphatic carbocycles. The summed E-state index contributed by atoms with van der Waals surface area (Å²) < 4.78 is 3.00. The molecule has 0 atom stereocenters. The number of carbonyl (C=O) groups is 2. The number of hydrogen-bond donors (Lipinski definition) is 0. The number of rotatable bonds is 7. The van der Waals surface area contributed by atoms with Crippen LogP contribution in [0.1, 0.15) is 56.9 Å². The van der Waals surface area contributed by atoms with Crippen LogP contribution in [0.2, 0.25) is 0 Å². The lowest BCUT2D eigenvalue weighted by atomic mass is 9.98. The smallest absolute Gasteiger partial charge is 0.326 e. The van der Waals surface area contributed by atoms with E-state index in [9.17, 15) is 14.7 Å². The van der Waals surface area contributed by atoms with E-state index in [1.54, 1.807) is 22.9 Å². The number of amides is 2. The van der Waals surface area contributed by atoms with Gasteiger partial charge in [-0.05, 0) is 42.8 Å². The maximum absolute atomic E-state index is 13.7. The average Bonchev–Trinajstić information content (AvgIpc) is 3.28. The van der Waals surface area contributed by atoms with Crippen LogP contribution in [0.25, 0.3) is 17.0 Å². The lowest BCUT2D eigenvalue weighted by Crippen LogP contribution is -2.40. The number of nitrogens with zero attached hydrogens (tertiary/aromatic N) is 4. The third kappa shape index (κ3) is 3.84.